The second kappa shape index (κ2) is 3.63. The Kier molecular flexibility index (Phi) is 2.22. The smallest absolute Gasteiger partial charge is 0.339 e. The van der Waals surface area contributed by atoms with Crippen LogP contribution >= 0.6 is 11.3 Å². The van der Waals surface area contributed by atoms with Crippen LogP contribution in [0.2, 0.25) is 0 Å². The van der Waals surface area contributed by atoms with Gasteiger partial charge in [-0.1, -0.05) is 6.07 Å². The average molecular weight is 252 g/mol. The van der Waals surface area contributed by atoms with Crippen LogP contribution in [0, 0.1) is 11.6 Å². The van der Waals surface area contributed by atoms with Crippen LogP contribution in [-0.2, 0) is 4.74 Å². The van der Waals surface area contributed by atoms with Gasteiger partial charge in [0.15, 0.2) is 17.7 Å². The molecule has 0 N–H and O–H groups in total. The van der Waals surface area contributed by atoms with E-state index in [-0.39, 0.29) is 11.1 Å². The summed E-state index contributed by atoms with van der Waals surface area (Å²) in [6.45, 7) is 0. The minimum absolute atomic E-state index is 0.00236. The third kappa shape index (κ3) is 1.46. The summed E-state index contributed by atoms with van der Waals surface area (Å²) in [5.41, 5.74) is 0.0970. The van der Waals surface area contributed by atoms with Crippen molar-refractivity contribution in [2.24, 2.45) is 0 Å². The molecule has 1 aliphatic rings. The summed E-state index contributed by atoms with van der Waals surface area (Å²) in [7, 11) is 0. The molecule has 2 aromatic rings. The Morgan fingerprint density at radius 2 is 2.06 bits per heavy atom. The normalized spacial score (nSPS) is 18.0. The number of thiophene rings is 1. The van der Waals surface area contributed by atoms with Gasteiger partial charge in [-0.25, -0.2) is 13.6 Å². The Hall–Kier alpha value is -1.75. The molecule has 0 bridgehead atoms. The molecule has 17 heavy (non-hydrogen) atoms. The third-order valence-corrected chi connectivity index (χ3v) is 3.56. The fraction of sp³-hybridized carbons (Fsp3) is 0.0833. The van der Waals surface area contributed by atoms with Crippen LogP contribution in [0.1, 0.15) is 26.9 Å². The maximum Gasteiger partial charge on any atom is 0.339 e. The first-order valence-corrected chi connectivity index (χ1v) is 5.78. The molecule has 86 valence electrons. The molecule has 0 aliphatic carbocycles. The van der Waals surface area contributed by atoms with E-state index in [2.05, 4.69) is 0 Å². The average Bonchev–Trinajstić information content (AvgIpc) is 2.91. The van der Waals surface area contributed by atoms with Crippen molar-refractivity contribution < 1.29 is 18.3 Å². The molecule has 1 aliphatic heterocycles. The molecule has 1 aromatic carbocycles. The monoisotopic (exact) mass is 252 g/mol. The highest BCUT2D eigenvalue weighted by Crippen LogP contribution is 2.39. The number of ether oxygens (including phenoxy) is 1. The molecule has 0 spiro atoms. The van der Waals surface area contributed by atoms with Crippen molar-refractivity contribution >= 4 is 17.3 Å². The number of hydrogen-bond donors (Lipinski definition) is 0. The van der Waals surface area contributed by atoms with Crippen LogP contribution in [0.25, 0.3) is 0 Å². The van der Waals surface area contributed by atoms with Crippen molar-refractivity contribution in [1.29, 1.82) is 0 Å². The van der Waals surface area contributed by atoms with Crippen molar-refractivity contribution in [3.8, 4) is 0 Å². The van der Waals surface area contributed by atoms with Gasteiger partial charge in [0.1, 0.15) is 0 Å². The van der Waals surface area contributed by atoms with Crippen molar-refractivity contribution in [1.82, 2.24) is 0 Å². The Morgan fingerprint density at radius 1 is 1.24 bits per heavy atom. The molecule has 2 heterocycles. The zero-order valence-corrected chi connectivity index (χ0v) is 9.26. The van der Waals surface area contributed by atoms with E-state index in [1.54, 1.807) is 17.5 Å². The maximum absolute atomic E-state index is 13.7. The summed E-state index contributed by atoms with van der Waals surface area (Å²) in [5.74, 6) is -2.59. The van der Waals surface area contributed by atoms with E-state index >= 15 is 0 Å². The summed E-state index contributed by atoms with van der Waals surface area (Å²) in [5, 5.41) is 1.79. The number of carbonyl (C=O) groups is 1. The molecule has 0 radical (unpaired) electrons. The Morgan fingerprint density at radius 3 is 2.76 bits per heavy atom. The Balaban J connectivity index is 2.21. The predicted octanol–water partition coefficient (Wildman–Crippen LogP) is 3.29. The van der Waals surface area contributed by atoms with Gasteiger partial charge in [-0.3, -0.25) is 0 Å². The number of cyclic esters (lactones) is 1. The van der Waals surface area contributed by atoms with Gasteiger partial charge in [0.05, 0.1) is 11.1 Å². The van der Waals surface area contributed by atoms with E-state index in [1.807, 2.05) is 0 Å². The first kappa shape index (κ1) is 10.4. The first-order chi connectivity index (χ1) is 8.18. The number of fused-ring (bicyclic) bond motifs is 1. The van der Waals surface area contributed by atoms with Gasteiger partial charge < -0.3 is 4.74 Å². The van der Waals surface area contributed by atoms with Crippen molar-refractivity contribution in [3.63, 3.8) is 0 Å². The molecule has 0 saturated carbocycles. The molecule has 0 saturated heterocycles. The molecule has 3 rings (SSSR count). The van der Waals surface area contributed by atoms with Crippen LogP contribution < -0.4 is 0 Å². The van der Waals surface area contributed by atoms with Gasteiger partial charge in [0, 0.05) is 4.88 Å². The predicted molar refractivity (Wildman–Crippen MR) is 57.9 cm³/mol. The van der Waals surface area contributed by atoms with Crippen LogP contribution in [0.15, 0.2) is 29.6 Å². The Labute approximate surface area is 99.5 Å². The van der Waals surface area contributed by atoms with Crippen molar-refractivity contribution in [2.45, 2.75) is 6.10 Å². The first-order valence-electron chi connectivity index (χ1n) is 4.91. The van der Waals surface area contributed by atoms with E-state index in [0.717, 1.165) is 6.07 Å². The van der Waals surface area contributed by atoms with E-state index in [1.165, 1.54) is 17.4 Å². The van der Waals surface area contributed by atoms with E-state index in [9.17, 15) is 13.6 Å². The van der Waals surface area contributed by atoms with Crippen LogP contribution in [0.5, 0.6) is 0 Å². The van der Waals surface area contributed by atoms with Gasteiger partial charge in [-0.15, -0.1) is 11.3 Å². The van der Waals surface area contributed by atoms with Crippen molar-refractivity contribution in [2.75, 3.05) is 0 Å². The van der Waals surface area contributed by atoms with Crippen LogP contribution in [0.3, 0.4) is 0 Å². The number of halogens is 2. The zero-order chi connectivity index (χ0) is 12.0. The number of benzene rings is 1. The van der Waals surface area contributed by atoms with Gasteiger partial charge in [0.25, 0.3) is 0 Å². The van der Waals surface area contributed by atoms with E-state index in [4.69, 9.17) is 4.74 Å². The van der Waals surface area contributed by atoms with Crippen molar-refractivity contribution in [3.05, 3.63) is 57.3 Å². The largest absolute Gasteiger partial charge is 0.448 e. The zero-order valence-electron chi connectivity index (χ0n) is 8.44. The second-order valence-corrected chi connectivity index (χ2v) is 4.60. The number of esters is 1. The van der Waals surface area contributed by atoms with Gasteiger partial charge >= 0.3 is 5.97 Å². The van der Waals surface area contributed by atoms with Crippen LogP contribution in [-0.4, -0.2) is 5.97 Å². The number of carbonyl (C=O) groups excluding carboxylic acids is 1. The summed E-state index contributed by atoms with van der Waals surface area (Å²) in [6, 6.07) is 5.68. The lowest BCUT2D eigenvalue weighted by molar-refractivity contribution is 0.0458. The SMILES string of the molecule is O=C1OC(c2cccs2)c2c1ccc(F)c2F. The number of rotatable bonds is 1. The second-order valence-electron chi connectivity index (χ2n) is 3.62. The summed E-state index contributed by atoms with van der Waals surface area (Å²) in [4.78, 5) is 12.2. The highest BCUT2D eigenvalue weighted by Gasteiger charge is 2.36. The minimum atomic E-state index is -1.01. The molecular formula is C12H6F2O2S. The highest BCUT2D eigenvalue weighted by molar-refractivity contribution is 7.10. The third-order valence-electron chi connectivity index (χ3n) is 2.64. The molecular weight excluding hydrogens is 246 g/mol. The molecule has 1 aromatic heterocycles. The van der Waals surface area contributed by atoms with Gasteiger partial charge in [0.2, 0.25) is 0 Å². The molecule has 5 heteroatoms. The molecule has 1 atom stereocenters. The lowest BCUT2D eigenvalue weighted by atomic mass is 10.0. The lowest BCUT2D eigenvalue weighted by Crippen LogP contribution is -2.00. The quantitative estimate of drug-likeness (QED) is 0.728. The van der Waals surface area contributed by atoms with E-state index in [0.29, 0.717) is 4.88 Å². The standard InChI is InChI=1S/C12H6F2O2S/c13-7-4-3-6-9(10(7)14)11(16-12(6)15)8-2-1-5-17-8/h1-5,11H. The maximum atomic E-state index is 13.7. The van der Waals surface area contributed by atoms with E-state index < -0.39 is 23.7 Å². The number of hydrogen-bond acceptors (Lipinski definition) is 3. The summed E-state index contributed by atoms with van der Waals surface area (Å²) >= 11 is 1.33. The Bertz CT molecular complexity index is 593. The summed E-state index contributed by atoms with van der Waals surface area (Å²) < 4.78 is 32.0. The summed E-state index contributed by atoms with van der Waals surface area (Å²) in [6.07, 6.45) is -0.826. The van der Waals surface area contributed by atoms with Crippen LogP contribution in [0.4, 0.5) is 8.78 Å². The fourth-order valence-electron chi connectivity index (χ4n) is 1.87. The minimum Gasteiger partial charge on any atom is -0.448 e. The van der Waals surface area contributed by atoms with Gasteiger partial charge in [-0.2, -0.15) is 0 Å². The molecule has 2 nitrogen and oxygen atoms in total. The van der Waals surface area contributed by atoms with Gasteiger partial charge in [-0.05, 0) is 23.6 Å². The molecule has 1 unspecified atom stereocenters. The molecule has 0 fully saturated rings. The highest BCUT2D eigenvalue weighted by atomic mass is 32.1. The lowest BCUT2D eigenvalue weighted by Gasteiger charge is -2.08. The fourth-order valence-corrected chi connectivity index (χ4v) is 2.63. The molecule has 0 amide bonds. The topological polar surface area (TPSA) is 26.3 Å².